The fourth-order valence-corrected chi connectivity index (χ4v) is 2.60. The second kappa shape index (κ2) is 6.57. The van der Waals surface area contributed by atoms with Gasteiger partial charge in [0.05, 0.1) is 17.6 Å². The van der Waals surface area contributed by atoms with E-state index in [-0.39, 0.29) is 12.6 Å². The largest absolute Gasteiger partial charge is 0.396 e. The van der Waals surface area contributed by atoms with Gasteiger partial charge in [0.25, 0.3) is 0 Å². The lowest BCUT2D eigenvalue weighted by molar-refractivity contribution is 0.143. The summed E-state index contributed by atoms with van der Waals surface area (Å²) in [6, 6.07) is 5.43. The number of piperidine rings is 1. The summed E-state index contributed by atoms with van der Waals surface area (Å²) in [4.78, 5) is 18.4. The summed E-state index contributed by atoms with van der Waals surface area (Å²) >= 11 is 0. The monoisotopic (exact) mass is 301 g/mol. The number of hydrogen-bond acceptors (Lipinski definition) is 4. The quantitative estimate of drug-likeness (QED) is 0.804. The summed E-state index contributed by atoms with van der Waals surface area (Å²) in [5.74, 6) is 0.307. The Morgan fingerprint density at radius 2 is 2.23 bits per heavy atom. The van der Waals surface area contributed by atoms with E-state index in [1.54, 1.807) is 17.3 Å². The van der Waals surface area contributed by atoms with Gasteiger partial charge in [-0.3, -0.25) is 10.1 Å². The second-order valence-corrected chi connectivity index (χ2v) is 5.42. The van der Waals surface area contributed by atoms with Crippen LogP contribution in [0.1, 0.15) is 12.8 Å². The molecule has 116 valence electrons. The Labute approximate surface area is 128 Å². The number of carbonyl (C=O) groups is 1. The maximum atomic E-state index is 12.3. The van der Waals surface area contributed by atoms with Gasteiger partial charge in [-0.15, -0.1) is 0 Å². The van der Waals surface area contributed by atoms with Crippen molar-refractivity contribution in [1.29, 1.82) is 0 Å². The number of hydrogen-bond donors (Lipinski definition) is 3. The molecule has 7 nitrogen and oxygen atoms in total. The van der Waals surface area contributed by atoms with Gasteiger partial charge in [-0.25, -0.2) is 4.79 Å². The van der Waals surface area contributed by atoms with E-state index in [0.29, 0.717) is 30.4 Å². The van der Waals surface area contributed by atoms with Crippen LogP contribution in [0.5, 0.6) is 0 Å². The van der Waals surface area contributed by atoms with Crippen LogP contribution in [-0.4, -0.2) is 50.9 Å². The molecule has 1 fully saturated rings. The van der Waals surface area contributed by atoms with Crippen LogP contribution in [-0.2, 0) is 0 Å². The zero-order valence-corrected chi connectivity index (χ0v) is 12.2. The summed E-state index contributed by atoms with van der Waals surface area (Å²) in [7, 11) is 0. The minimum atomic E-state index is -0.144. The molecule has 0 bridgehead atoms. The number of aromatic amines is 1. The summed E-state index contributed by atoms with van der Waals surface area (Å²) < 4.78 is 0. The number of H-pyrrole nitrogens is 1. The molecule has 7 heteroatoms. The molecular formula is C15H19N5O2. The van der Waals surface area contributed by atoms with E-state index >= 15 is 0 Å². The smallest absolute Gasteiger partial charge is 0.321 e. The Morgan fingerprint density at radius 3 is 2.91 bits per heavy atom. The Bertz CT molecular complexity index is 620. The van der Waals surface area contributed by atoms with Gasteiger partial charge in [-0.05, 0) is 30.9 Å². The third-order valence-electron chi connectivity index (χ3n) is 3.96. The molecule has 3 rings (SSSR count). The summed E-state index contributed by atoms with van der Waals surface area (Å²) in [6.07, 6.45) is 4.95. The molecule has 0 unspecified atom stereocenters. The number of carbonyl (C=O) groups excluding carboxylic acids is 1. The zero-order chi connectivity index (χ0) is 15.4. The van der Waals surface area contributed by atoms with Gasteiger partial charge in [-0.1, -0.05) is 6.07 Å². The minimum absolute atomic E-state index is 0.144. The van der Waals surface area contributed by atoms with E-state index in [2.05, 4.69) is 20.5 Å². The third kappa shape index (κ3) is 3.09. The molecule has 0 saturated carbocycles. The van der Waals surface area contributed by atoms with Gasteiger partial charge >= 0.3 is 6.03 Å². The first-order chi connectivity index (χ1) is 10.8. The number of amides is 2. The molecule has 0 radical (unpaired) electrons. The zero-order valence-electron chi connectivity index (χ0n) is 12.2. The second-order valence-electron chi connectivity index (χ2n) is 5.42. The molecule has 2 amide bonds. The van der Waals surface area contributed by atoms with E-state index in [1.807, 2.05) is 18.2 Å². The topological polar surface area (TPSA) is 94.1 Å². The lowest BCUT2D eigenvalue weighted by atomic mass is 9.98. The van der Waals surface area contributed by atoms with Crippen LogP contribution >= 0.6 is 0 Å². The van der Waals surface area contributed by atoms with Crippen molar-refractivity contribution in [3.05, 3.63) is 30.6 Å². The first-order valence-corrected chi connectivity index (χ1v) is 7.39. The van der Waals surface area contributed by atoms with Crippen LogP contribution in [0.25, 0.3) is 11.4 Å². The highest BCUT2D eigenvalue weighted by molar-refractivity contribution is 5.93. The van der Waals surface area contributed by atoms with Crippen LogP contribution in [0.4, 0.5) is 10.5 Å². The number of pyridine rings is 1. The molecule has 0 atom stereocenters. The van der Waals surface area contributed by atoms with Crippen molar-refractivity contribution in [3.8, 4) is 11.4 Å². The highest BCUT2D eigenvalue weighted by atomic mass is 16.3. The molecule has 0 aromatic carbocycles. The predicted molar refractivity (Wildman–Crippen MR) is 82.2 cm³/mol. The van der Waals surface area contributed by atoms with Crippen LogP contribution in [0.2, 0.25) is 0 Å². The van der Waals surface area contributed by atoms with Gasteiger partial charge < -0.3 is 15.3 Å². The molecular weight excluding hydrogens is 282 g/mol. The standard InChI is InChI=1S/C15H19N5O2/c21-10-11-4-7-20(8-5-11)15(22)18-13-9-17-19-14(13)12-3-1-2-6-16-12/h1-3,6,9,11,21H,4-5,7-8,10H2,(H,17,19)(H,18,22). The van der Waals surface area contributed by atoms with Crippen molar-refractivity contribution in [1.82, 2.24) is 20.1 Å². The number of rotatable bonds is 3. The van der Waals surface area contributed by atoms with Gasteiger partial charge in [0.2, 0.25) is 0 Å². The molecule has 3 N–H and O–H groups in total. The molecule has 1 aliphatic heterocycles. The fourth-order valence-electron chi connectivity index (χ4n) is 2.60. The molecule has 3 heterocycles. The Hall–Kier alpha value is -2.41. The SMILES string of the molecule is O=C(Nc1cn[nH]c1-c1ccccn1)N1CCC(CO)CC1. The van der Waals surface area contributed by atoms with Crippen LogP contribution in [0.3, 0.4) is 0 Å². The van der Waals surface area contributed by atoms with Crippen molar-refractivity contribution in [2.45, 2.75) is 12.8 Å². The predicted octanol–water partition coefficient (Wildman–Crippen LogP) is 1.71. The highest BCUT2D eigenvalue weighted by Gasteiger charge is 2.23. The van der Waals surface area contributed by atoms with Crippen LogP contribution in [0.15, 0.2) is 30.6 Å². The maximum absolute atomic E-state index is 12.3. The summed E-state index contributed by atoms with van der Waals surface area (Å²) in [6.45, 7) is 1.52. The van der Waals surface area contributed by atoms with Crippen molar-refractivity contribution in [2.24, 2.45) is 5.92 Å². The molecule has 0 spiro atoms. The average molecular weight is 301 g/mol. The molecule has 1 aliphatic rings. The van der Waals surface area contributed by atoms with Gasteiger partial charge in [0, 0.05) is 25.9 Å². The van der Waals surface area contributed by atoms with Gasteiger partial charge in [0.15, 0.2) is 0 Å². The Kier molecular flexibility index (Phi) is 4.34. The first kappa shape index (κ1) is 14.5. The fraction of sp³-hybridized carbons (Fsp3) is 0.400. The van der Waals surface area contributed by atoms with E-state index in [1.165, 1.54) is 0 Å². The maximum Gasteiger partial charge on any atom is 0.321 e. The number of nitrogens with zero attached hydrogens (tertiary/aromatic N) is 3. The lowest BCUT2D eigenvalue weighted by Gasteiger charge is -2.31. The molecule has 2 aromatic rings. The normalized spacial score (nSPS) is 15.8. The molecule has 1 saturated heterocycles. The lowest BCUT2D eigenvalue weighted by Crippen LogP contribution is -2.41. The molecule has 0 aliphatic carbocycles. The number of likely N-dealkylation sites (tertiary alicyclic amines) is 1. The number of aromatic nitrogens is 3. The first-order valence-electron chi connectivity index (χ1n) is 7.39. The number of urea groups is 1. The average Bonchev–Trinajstić information content (AvgIpc) is 3.04. The van der Waals surface area contributed by atoms with E-state index in [4.69, 9.17) is 5.11 Å². The van der Waals surface area contributed by atoms with Crippen molar-refractivity contribution < 1.29 is 9.90 Å². The number of nitrogens with one attached hydrogen (secondary N) is 2. The number of anilines is 1. The van der Waals surface area contributed by atoms with E-state index < -0.39 is 0 Å². The number of aliphatic hydroxyl groups is 1. The van der Waals surface area contributed by atoms with E-state index in [0.717, 1.165) is 18.5 Å². The Morgan fingerprint density at radius 1 is 1.41 bits per heavy atom. The summed E-state index contributed by atoms with van der Waals surface area (Å²) in [5, 5.41) is 18.9. The van der Waals surface area contributed by atoms with Gasteiger partial charge in [-0.2, -0.15) is 5.10 Å². The summed E-state index contributed by atoms with van der Waals surface area (Å²) in [5.41, 5.74) is 2.04. The molecule has 2 aromatic heterocycles. The molecule has 22 heavy (non-hydrogen) atoms. The Balaban J connectivity index is 1.67. The minimum Gasteiger partial charge on any atom is -0.396 e. The van der Waals surface area contributed by atoms with E-state index in [9.17, 15) is 4.79 Å². The highest BCUT2D eigenvalue weighted by Crippen LogP contribution is 2.24. The van der Waals surface area contributed by atoms with Crippen molar-refractivity contribution >= 4 is 11.7 Å². The van der Waals surface area contributed by atoms with Crippen molar-refractivity contribution in [3.63, 3.8) is 0 Å². The van der Waals surface area contributed by atoms with Crippen molar-refractivity contribution in [2.75, 3.05) is 25.0 Å². The van der Waals surface area contributed by atoms with Crippen LogP contribution < -0.4 is 5.32 Å². The third-order valence-corrected chi connectivity index (χ3v) is 3.96. The number of aliphatic hydroxyl groups excluding tert-OH is 1. The van der Waals surface area contributed by atoms with Crippen LogP contribution in [0, 0.1) is 5.92 Å². The van der Waals surface area contributed by atoms with Gasteiger partial charge in [0.1, 0.15) is 5.69 Å².